The molecule has 1 atom stereocenters. The third-order valence-electron chi connectivity index (χ3n) is 7.28. The van der Waals surface area contributed by atoms with E-state index in [9.17, 15) is 18.0 Å². The van der Waals surface area contributed by atoms with Crippen LogP contribution in [-0.4, -0.2) is 59.2 Å². The molecular weight excluding hydrogens is 491 g/mol. The lowest BCUT2D eigenvalue weighted by Gasteiger charge is -2.40. The molecule has 202 valence electrons. The number of piperazine rings is 1. The summed E-state index contributed by atoms with van der Waals surface area (Å²) in [7, 11) is 0. The highest BCUT2D eigenvalue weighted by atomic mass is 19.4. The van der Waals surface area contributed by atoms with Crippen LogP contribution in [0.5, 0.6) is 0 Å². The van der Waals surface area contributed by atoms with Crippen LogP contribution in [0.1, 0.15) is 37.5 Å². The Balaban J connectivity index is 1.41. The Labute approximate surface area is 222 Å². The van der Waals surface area contributed by atoms with E-state index < -0.39 is 11.6 Å². The molecule has 1 saturated heterocycles. The maximum atomic E-state index is 13.4. The fourth-order valence-corrected chi connectivity index (χ4v) is 4.70. The molecule has 0 saturated carbocycles. The Hall–Kier alpha value is -3.23. The van der Waals surface area contributed by atoms with Gasteiger partial charge in [-0.3, -0.25) is 19.6 Å². The third-order valence-corrected chi connectivity index (χ3v) is 7.28. The van der Waals surface area contributed by atoms with Crippen molar-refractivity contribution in [1.29, 1.82) is 0 Å². The standard InChI is InChI=1S/C30H34F3N3O2/c1-4-38-28(37)27-21-35(17-18-36(27)20-23-13-15-34-16-14-23)19-22-5-7-24(8-6-22)25-9-11-26(12-10-25)29(2,3)30(31,32)33/h5-16,27H,4,17-21H2,1-3H3/t27-/m1/s1. The summed E-state index contributed by atoms with van der Waals surface area (Å²) < 4.78 is 45.5. The number of ether oxygens (including phenoxy) is 1. The topological polar surface area (TPSA) is 45.7 Å². The van der Waals surface area contributed by atoms with Crippen LogP contribution in [0.4, 0.5) is 13.2 Å². The minimum Gasteiger partial charge on any atom is -0.465 e. The number of halogens is 3. The molecule has 0 amide bonds. The lowest BCUT2D eigenvalue weighted by atomic mass is 9.83. The fourth-order valence-electron chi connectivity index (χ4n) is 4.70. The van der Waals surface area contributed by atoms with Crippen LogP contribution in [0.3, 0.4) is 0 Å². The monoisotopic (exact) mass is 525 g/mol. The summed E-state index contributed by atoms with van der Waals surface area (Å²) in [6, 6.07) is 18.2. The molecule has 1 aliphatic heterocycles. The smallest absolute Gasteiger partial charge is 0.397 e. The molecule has 1 aliphatic rings. The quantitative estimate of drug-likeness (QED) is 0.346. The van der Waals surface area contributed by atoms with Crippen molar-refractivity contribution in [1.82, 2.24) is 14.8 Å². The van der Waals surface area contributed by atoms with Gasteiger partial charge < -0.3 is 4.74 Å². The number of esters is 1. The highest BCUT2D eigenvalue weighted by molar-refractivity contribution is 5.76. The van der Waals surface area contributed by atoms with Gasteiger partial charge in [0.25, 0.3) is 0 Å². The van der Waals surface area contributed by atoms with Crippen molar-refractivity contribution in [3.05, 3.63) is 89.7 Å². The van der Waals surface area contributed by atoms with Crippen LogP contribution in [0, 0.1) is 0 Å². The maximum Gasteiger partial charge on any atom is 0.397 e. The average Bonchev–Trinajstić information content (AvgIpc) is 2.90. The van der Waals surface area contributed by atoms with Gasteiger partial charge in [0.2, 0.25) is 0 Å². The van der Waals surface area contributed by atoms with Crippen molar-refractivity contribution < 1.29 is 22.7 Å². The van der Waals surface area contributed by atoms with E-state index in [0.29, 0.717) is 26.2 Å². The molecule has 1 aromatic heterocycles. The molecule has 4 rings (SSSR count). The lowest BCUT2D eigenvalue weighted by Crippen LogP contribution is -2.56. The number of rotatable bonds is 8. The number of aromatic nitrogens is 1. The van der Waals surface area contributed by atoms with E-state index in [2.05, 4.69) is 14.8 Å². The van der Waals surface area contributed by atoms with Crippen molar-refractivity contribution in [2.45, 2.75) is 51.5 Å². The van der Waals surface area contributed by atoms with Crippen LogP contribution in [0.15, 0.2) is 73.1 Å². The maximum absolute atomic E-state index is 13.4. The third kappa shape index (κ3) is 6.42. The Morgan fingerprint density at radius 1 is 0.895 bits per heavy atom. The molecular formula is C30H34F3N3O2. The van der Waals surface area contributed by atoms with Gasteiger partial charge in [-0.2, -0.15) is 13.2 Å². The van der Waals surface area contributed by atoms with Crippen molar-refractivity contribution in [3.63, 3.8) is 0 Å². The number of carbonyl (C=O) groups excluding carboxylic acids is 1. The highest BCUT2D eigenvalue weighted by Crippen LogP contribution is 2.40. The van der Waals surface area contributed by atoms with Crippen molar-refractivity contribution in [2.75, 3.05) is 26.2 Å². The van der Waals surface area contributed by atoms with Crippen LogP contribution in [0.25, 0.3) is 11.1 Å². The summed E-state index contributed by atoms with van der Waals surface area (Å²) in [4.78, 5) is 21.3. The predicted molar refractivity (Wildman–Crippen MR) is 141 cm³/mol. The molecule has 0 N–H and O–H groups in total. The molecule has 38 heavy (non-hydrogen) atoms. The Bertz CT molecular complexity index is 1200. The van der Waals surface area contributed by atoms with Gasteiger partial charge in [-0.05, 0) is 60.7 Å². The molecule has 0 aliphatic carbocycles. The molecule has 2 aromatic carbocycles. The lowest BCUT2D eigenvalue weighted by molar-refractivity contribution is -0.180. The van der Waals surface area contributed by atoms with E-state index in [1.807, 2.05) is 43.3 Å². The minimum absolute atomic E-state index is 0.209. The predicted octanol–water partition coefficient (Wildman–Crippen LogP) is 5.84. The molecule has 0 spiro atoms. The Morgan fingerprint density at radius 2 is 1.47 bits per heavy atom. The van der Waals surface area contributed by atoms with Gasteiger partial charge in [-0.25, -0.2) is 0 Å². The first-order valence-corrected chi connectivity index (χ1v) is 12.9. The summed E-state index contributed by atoms with van der Waals surface area (Å²) in [6.45, 7) is 8.04. The van der Waals surface area contributed by atoms with Crippen LogP contribution < -0.4 is 0 Å². The van der Waals surface area contributed by atoms with E-state index in [1.54, 1.807) is 36.7 Å². The SMILES string of the molecule is CCOC(=O)[C@H]1CN(Cc2ccc(-c3ccc(C(C)(C)C(F)(F)F)cc3)cc2)CCN1Cc1ccncc1. The first-order chi connectivity index (χ1) is 18.1. The van der Waals surface area contributed by atoms with E-state index in [-0.39, 0.29) is 17.6 Å². The van der Waals surface area contributed by atoms with Gasteiger partial charge in [-0.1, -0.05) is 48.5 Å². The fraction of sp³-hybridized carbons (Fsp3) is 0.400. The van der Waals surface area contributed by atoms with Crippen molar-refractivity contribution >= 4 is 5.97 Å². The number of carbonyl (C=O) groups is 1. The Kier molecular flexibility index (Phi) is 8.53. The number of benzene rings is 2. The summed E-state index contributed by atoms with van der Waals surface area (Å²) in [6.07, 6.45) is -0.800. The highest BCUT2D eigenvalue weighted by Gasteiger charge is 2.48. The zero-order valence-electron chi connectivity index (χ0n) is 22.0. The second-order valence-electron chi connectivity index (χ2n) is 10.2. The molecule has 5 nitrogen and oxygen atoms in total. The normalized spacial score (nSPS) is 17.4. The summed E-state index contributed by atoms with van der Waals surface area (Å²) >= 11 is 0. The van der Waals surface area contributed by atoms with Gasteiger partial charge in [-0.15, -0.1) is 0 Å². The molecule has 3 aromatic rings. The van der Waals surface area contributed by atoms with E-state index >= 15 is 0 Å². The number of nitrogens with zero attached hydrogens (tertiary/aromatic N) is 3. The van der Waals surface area contributed by atoms with Crippen LogP contribution in [-0.2, 0) is 28.0 Å². The first-order valence-electron chi connectivity index (χ1n) is 12.9. The van der Waals surface area contributed by atoms with Gasteiger partial charge in [0.1, 0.15) is 6.04 Å². The van der Waals surface area contributed by atoms with E-state index in [1.165, 1.54) is 13.8 Å². The molecule has 0 bridgehead atoms. The number of alkyl halides is 3. The Morgan fingerprint density at radius 3 is 2.05 bits per heavy atom. The molecule has 0 unspecified atom stereocenters. The molecule has 0 radical (unpaired) electrons. The average molecular weight is 526 g/mol. The first kappa shape index (κ1) is 27.8. The van der Waals surface area contributed by atoms with Gasteiger partial charge >= 0.3 is 12.1 Å². The minimum atomic E-state index is -4.31. The van der Waals surface area contributed by atoms with Crippen LogP contribution >= 0.6 is 0 Å². The number of pyridine rings is 1. The molecule has 8 heteroatoms. The zero-order chi connectivity index (χ0) is 27.3. The van der Waals surface area contributed by atoms with Gasteiger partial charge in [0, 0.05) is 45.1 Å². The van der Waals surface area contributed by atoms with E-state index in [0.717, 1.165) is 35.3 Å². The van der Waals surface area contributed by atoms with Gasteiger partial charge in [0.05, 0.1) is 12.0 Å². The summed E-state index contributed by atoms with van der Waals surface area (Å²) in [5.74, 6) is -0.209. The number of hydrogen-bond acceptors (Lipinski definition) is 5. The summed E-state index contributed by atoms with van der Waals surface area (Å²) in [5, 5.41) is 0. The molecule has 2 heterocycles. The zero-order valence-corrected chi connectivity index (χ0v) is 22.0. The largest absolute Gasteiger partial charge is 0.465 e. The second kappa shape index (κ2) is 11.7. The second-order valence-corrected chi connectivity index (χ2v) is 10.2. The van der Waals surface area contributed by atoms with E-state index in [4.69, 9.17) is 4.74 Å². The number of hydrogen-bond donors (Lipinski definition) is 0. The van der Waals surface area contributed by atoms with Crippen molar-refractivity contribution in [2.24, 2.45) is 0 Å². The van der Waals surface area contributed by atoms with Gasteiger partial charge in [0.15, 0.2) is 0 Å². The molecule has 1 fully saturated rings. The van der Waals surface area contributed by atoms with Crippen molar-refractivity contribution in [3.8, 4) is 11.1 Å². The van der Waals surface area contributed by atoms with Crippen LogP contribution in [0.2, 0.25) is 0 Å². The summed E-state index contributed by atoms with van der Waals surface area (Å²) in [5.41, 5.74) is 2.35.